The van der Waals surface area contributed by atoms with Crippen LogP contribution in [0.15, 0.2) is 18.3 Å². The summed E-state index contributed by atoms with van der Waals surface area (Å²) < 4.78 is 0. The second kappa shape index (κ2) is 5.41. The van der Waals surface area contributed by atoms with E-state index in [1.165, 1.54) is 38.3 Å². The van der Waals surface area contributed by atoms with Gasteiger partial charge in [-0.15, -0.1) is 0 Å². The first-order valence-electron chi connectivity index (χ1n) is 6.14. The molecule has 1 aromatic rings. The van der Waals surface area contributed by atoms with E-state index in [0.717, 1.165) is 12.2 Å². The summed E-state index contributed by atoms with van der Waals surface area (Å²) in [7, 11) is 0. The molecule has 2 rings (SSSR count). The largest absolute Gasteiger partial charge is 0.301 e. The standard InChI is InChI=1S/C13H21N3/c1-3-15-6-8-16(9-7-15)11-13-4-5-14-12(2)10-13/h4-5,10H,3,6-9,11H2,1-2H3. The lowest BCUT2D eigenvalue weighted by atomic mass is 10.2. The van der Waals surface area contributed by atoms with E-state index in [0.29, 0.717) is 0 Å². The first kappa shape index (κ1) is 11.6. The monoisotopic (exact) mass is 219 g/mol. The number of nitrogens with zero attached hydrogens (tertiary/aromatic N) is 3. The van der Waals surface area contributed by atoms with Gasteiger partial charge in [-0.3, -0.25) is 9.88 Å². The average molecular weight is 219 g/mol. The molecule has 0 radical (unpaired) electrons. The zero-order valence-electron chi connectivity index (χ0n) is 10.3. The second-order valence-electron chi connectivity index (χ2n) is 4.52. The van der Waals surface area contributed by atoms with Crippen LogP contribution in [0.25, 0.3) is 0 Å². The molecule has 0 amide bonds. The number of hydrogen-bond acceptors (Lipinski definition) is 3. The van der Waals surface area contributed by atoms with Gasteiger partial charge in [0.1, 0.15) is 0 Å². The number of aryl methyl sites for hydroxylation is 1. The molecule has 1 fully saturated rings. The highest BCUT2D eigenvalue weighted by atomic mass is 15.3. The summed E-state index contributed by atoms with van der Waals surface area (Å²) in [6, 6.07) is 4.31. The Bertz CT molecular complexity index is 330. The maximum Gasteiger partial charge on any atom is 0.0375 e. The highest BCUT2D eigenvalue weighted by Gasteiger charge is 2.15. The van der Waals surface area contributed by atoms with Gasteiger partial charge in [0, 0.05) is 44.6 Å². The van der Waals surface area contributed by atoms with Crippen LogP contribution in [0.4, 0.5) is 0 Å². The average Bonchev–Trinajstić information content (AvgIpc) is 2.30. The second-order valence-corrected chi connectivity index (χ2v) is 4.52. The summed E-state index contributed by atoms with van der Waals surface area (Å²) in [5.74, 6) is 0. The van der Waals surface area contributed by atoms with Crippen molar-refractivity contribution in [1.29, 1.82) is 0 Å². The van der Waals surface area contributed by atoms with Gasteiger partial charge in [-0.25, -0.2) is 0 Å². The molecular weight excluding hydrogens is 198 g/mol. The first-order chi connectivity index (χ1) is 7.78. The highest BCUT2D eigenvalue weighted by molar-refractivity contribution is 5.15. The first-order valence-corrected chi connectivity index (χ1v) is 6.14. The van der Waals surface area contributed by atoms with E-state index >= 15 is 0 Å². The third-order valence-electron chi connectivity index (χ3n) is 3.28. The summed E-state index contributed by atoms with van der Waals surface area (Å²) in [6.45, 7) is 11.3. The Morgan fingerprint density at radius 1 is 1.19 bits per heavy atom. The summed E-state index contributed by atoms with van der Waals surface area (Å²) >= 11 is 0. The van der Waals surface area contributed by atoms with Gasteiger partial charge in [-0.1, -0.05) is 6.92 Å². The Hall–Kier alpha value is -0.930. The lowest BCUT2D eigenvalue weighted by Gasteiger charge is -2.34. The van der Waals surface area contributed by atoms with E-state index in [2.05, 4.69) is 40.8 Å². The molecule has 2 heterocycles. The Kier molecular flexibility index (Phi) is 3.91. The predicted molar refractivity (Wildman–Crippen MR) is 66.4 cm³/mol. The highest BCUT2D eigenvalue weighted by Crippen LogP contribution is 2.08. The Labute approximate surface area is 98.1 Å². The van der Waals surface area contributed by atoms with Gasteiger partial charge < -0.3 is 4.90 Å². The normalized spacial score (nSPS) is 18.9. The van der Waals surface area contributed by atoms with Crippen LogP contribution < -0.4 is 0 Å². The van der Waals surface area contributed by atoms with E-state index in [4.69, 9.17) is 0 Å². The molecule has 0 unspecified atom stereocenters. The lowest BCUT2D eigenvalue weighted by molar-refractivity contribution is 0.132. The molecule has 0 aromatic carbocycles. The molecule has 1 aromatic heterocycles. The molecule has 3 heteroatoms. The van der Waals surface area contributed by atoms with Crippen molar-refractivity contribution < 1.29 is 0 Å². The van der Waals surface area contributed by atoms with E-state index in [-0.39, 0.29) is 0 Å². The van der Waals surface area contributed by atoms with Crippen LogP contribution >= 0.6 is 0 Å². The van der Waals surface area contributed by atoms with Crippen LogP contribution in [0, 0.1) is 6.92 Å². The molecule has 0 N–H and O–H groups in total. The molecule has 88 valence electrons. The van der Waals surface area contributed by atoms with Crippen LogP contribution in [-0.2, 0) is 6.54 Å². The molecular formula is C13H21N3. The smallest absolute Gasteiger partial charge is 0.0375 e. The minimum atomic E-state index is 1.07. The van der Waals surface area contributed by atoms with Gasteiger partial charge in [-0.05, 0) is 31.2 Å². The van der Waals surface area contributed by atoms with Crippen molar-refractivity contribution in [2.75, 3.05) is 32.7 Å². The SMILES string of the molecule is CCN1CCN(Cc2ccnc(C)c2)CC1. The number of likely N-dealkylation sites (N-methyl/N-ethyl adjacent to an activating group) is 1. The maximum atomic E-state index is 4.23. The van der Waals surface area contributed by atoms with Gasteiger partial charge in [0.2, 0.25) is 0 Å². The molecule has 0 saturated carbocycles. The van der Waals surface area contributed by atoms with E-state index < -0.39 is 0 Å². The van der Waals surface area contributed by atoms with Gasteiger partial charge in [-0.2, -0.15) is 0 Å². The van der Waals surface area contributed by atoms with Crippen molar-refractivity contribution in [3.05, 3.63) is 29.6 Å². The van der Waals surface area contributed by atoms with Gasteiger partial charge in [0.25, 0.3) is 0 Å². The molecule has 16 heavy (non-hydrogen) atoms. The van der Waals surface area contributed by atoms with Crippen molar-refractivity contribution in [1.82, 2.24) is 14.8 Å². The summed E-state index contributed by atoms with van der Waals surface area (Å²) in [5, 5.41) is 0. The third kappa shape index (κ3) is 3.03. The van der Waals surface area contributed by atoms with Crippen LogP contribution in [0.1, 0.15) is 18.2 Å². The third-order valence-corrected chi connectivity index (χ3v) is 3.28. The molecule has 1 saturated heterocycles. The number of piperazine rings is 1. The molecule has 0 bridgehead atoms. The zero-order chi connectivity index (χ0) is 11.4. The maximum absolute atomic E-state index is 4.23. The Morgan fingerprint density at radius 2 is 1.88 bits per heavy atom. The van der Waals surface area contributed by atoms with Crippen LogP contribution in [0.3, 0.4) is 0 Å². The minimum absolute atomic E-state index is 1.07. The minimum Gasteiger partial charge on any atom is -0.301 e. The van der Waals surface area contributed by atoms with Crippen LogP contribution in [0.5, 0.6) is 0 Å². The van der Waals surface area contributed by atoms with Crippen molar-refractivity contribution in [3.63, 3.8) is 0 Å². The Balaban J connectivity index is 1.87. The summed E-state index contributed by atoms with van der Waals surface area (Å²) in [4.78, 5) is 9.27. The van der Waals surface area contributed by atoms with E-state index in [1.807, 2.05) is 6.20 Å². The fourth-order valence-corrected chi connectivity index (χ4v) is 2.22. The summed E-state index contributed by atoms with van der Waals surface area (Å²) in [6.07, 6.45) is 1.91. The molecule has 1 aliphatic heterocycles. The molecule has 0 spiro atoms. The molecule has 3 nitrogen and oxygen atoms in total. The van der Waals surface area contributed by atoms with Crippen molar-refractivity contribution in [2.45, 2.75) is 20.4 Å². The topological polar surface area (TPSA) is 19.4 Å². The lowest BCUT2D eigenvalue weighted by Crippen LogP contribution is -2.45. The molecule has 0 aliphatic carbocycles. The number of aromatic nitrogens is 1. The van der Waals surface area contributed by atoms with Crippen molar-refractivity contribution in [3.8, 4) is 0 Å². The quantitative estimate of drug-likeness (QED) is 0.768. The van der Waals surface area contributed by atoms with E-state index in [9.17, 15) is 0 Å². The molecule has 0 atom stereocenters. The fraction of sp³-hybridized carbons (Fsp3) is 0.615. The number of rotatable bonds is 3. The number of hydrogen-bond donors (Lipinski definition) is 0. The number of pyridine rings is 1. The fourth-order valence-electron chi connectivity index (χ4n) is 2.22. The van der Waals surface area contributed by atoms with Crippen LogP contribution in [-0.4, -0.2) is 47.5 Å². The van der Waals surface area contributed by atoms with Crippen molar-refractivity contribution in [2.24, 2.45) is 0 Å². The molecule has 1 aliphatic rings. The zero-order valence-corrected chi connectivity index (χ0v) is 10.3. The van der Waals surface area contributed by atoms with Crippen LogP contribution in [0.2, 0.25) is 0 Å². The summed E-state index contributed by atoms with van der Waals surface area (Å²) in [5.41, 5.74) is 2.50. The van der Waals surface area contributed by atoms with Gasteiger partial charge in [0.05, 0.1) is 0 Å². The Morgan fingerprint density at radius 3 is 2.50 bits per heavy atom. The van der Waals surface area contributed by atoms with Gasteiger partial charge in [0.15, 0.2) is 0 Å². The van der Waals surface area contributed by atoms with Crippen molar-refractivity contribution >= 4 is 0 Å². The van der Waals surface area contributed by atoms with E-state index in [1.54, 1.807) is 0 Å². The van der Waals surface area contributed by atoms with Gasteiger partial charge >= 0.3 is 0 Å². The predicted octanol–water partition coefficient (Wildman–Crippen LogP) is 1.53.